The highest BCUT2D eigenvalue weighted by Crippen LogP contribution is 2.55. The van der Waals surface area contributed by atoms with Crippen LogP contribution in [0.2, 0.25) is 5.02 Å². The highest BCUT2D eigenvalue weighted by atomic mass is 35.5. The van der Waals surface area contributed by atoms with Gasteiger partial charge in [-0.2, -0.15) is 0 Å². The van der Waals surface area contributed by atoms with Crippen LogP contribution in [0.5, 0.6) is 0 Å². The summed E-state index contributed by atoms with van der Waals surface area (Å²) in [5, 5.41) is 11.6. The summed E-state index contributed by atoms with van der Waals surface area (Å²) in [5.74, 6) is 1.94. The molecule has 0 heterocycles. The van der Waals surface area contributed by atoms with E-state index in [1.54, 1.807) is 0 Å². The van der Waals surface area contributed by atoms with Crippen LogP contribution in [0.15, 0.2) is 24.3 Å². The van der Waals surface area contributed by atoms with E-state index in [4.69, 9.17) is 11.6 Å². The molecule has 17 heavy (non-hydrogen) atoms. The summed E-state index contributed by atoms with van der Waals surface area (Å²) in [6.45, 7) is 1.94. The Morgan fingerprint density at radius 1 is 1.24 bits per heavy atom. The van der Waals surface area contributed by atoms with Gasteiger partial charge in [-0.1, -0.05) is 36.2 Å². The molecule has 1 N–H and O–H groups in total. The second-order valence-electron chi connectivity index (χ2n) is 5.91. The fourth-order valence-electron chi connectivity index (χ4n) is 4.00. The summed E-state index contributed by atoms with van der Waals surface area (Å²) in [5.41, 5.74) is 0.136. The highest BCUT2D eigenvalue weighted by Gasteiger charge is 2.48. The van der Waals surface area contributed by atoms with Gasteiger partial charge in [0, 0.05) is 10.6 Å². The average molecular weight is 251 g/mol. The molecule has 4 unspecified atom stereocenters. The zero-order chi connectivity index (χ0) is 12.0. The molecule has 0 spiro atoms. The second kappa shape index (κ2) is 4.00. The Balaban J connectivity index is 1.93. The molecule has 0 radical (unpaired) electrons. The van der Waals surface area contributed by atoms with Crippen LogP contribution < -0.4 is 0 Å². The van der Waals surface area contributed by atoms with Crippen LogP contribution in [-0.2, 0) is 5.60 Å². The van der Waals surface area contributed by atoms with E-state index in [0.717, 1.165) is 11.5 Å². The largest absolute Gasteiger partial charge is 0.385 e. The highest BCUT2D eigenvalue weighted by molar-refractivity contribution is 6.31. The average Bonchev–Trinajstić information content (AvgIpc) is 2.91. The minimum atomic E-state index is -0.766. The van der Waals surface area contributed by atoms with Crippen molar-refractivity contribution in [2.45, 2.75) is 38.2 Å². The summed E-state index contributed by atoms with van der Waals surface area (Å²) in [6, 6.07) is 7.72. The Morgan fingerprint density at radius 3 is 2.59 bits per heavy atom. The van der Waals surface area contributed by atoms with Crippen molar-refractivity contribution < 1.29 is 5.11 Å². The lowest BCUT2D eigenvalue weighted by Gasteiger charge is -2.36. The zero-order valence-electron chi connectivity index (χ0n) is 10.2. The molecule has 2 aliphatic carbocycles. The molecule has 1 aromatic carbocycles. The van der Waals surface area contributed by atoms with Crippen molar-refractivity contribution in [2.75, 3.05) is 0 Å². The van der Waals surface area contributed by atoms with Crippen molar-refractivity contribution >= 4 is 11.6 Å². The van der Waals surface area contributed by atoms with Gasteiger partial charge in [-0.3, -0.25) is 0 Å². The van der Waals surface area contributed by atoms with E-state index in [9.17, 15) is 5.11 Å². The molecule has 0 aromatic heterocycles. The van der Waals surface area contributed by atoms with E-state index in [0.29, 0.717) is 16.9 Å². The first-order valence-electron chi connectivity index (χ1n) is 6.56. The molecule has 2 bridgehead atoms. The summed E-state index contributed by atoms with van der Waals surface area (Å²) < 4.78 is 0. The number of aliphatic hydroxyl groups is 1. The van der Waals surface area contributed by atoms with E-state index >= 15 is 0 Å². The Kier molecular flexibility index (Phi) is 2.72. The molecular weight excluding hydrogens is 232 g/mol. The van der Waals surface area contributed by atoms with E-state index in [1.807, 2.05) is 31.2 Å². The predicted molar refractivity (Wildman–Crippen MR) is 70.0 cm³/mol. The molecule has 1 nitrogen and oxygen atoms in total. The third-order valence-corrected chi connectivity index (χ3v) is 5.21. The Morgan fingerprint density at radius 2 is 2.00 bits per heavy atom. The molecule has 92 valence electrons. The molecule has 3 rings (SSSR count). The van der Waals surface area contributed by atoms with Gasteiger partial charge in [0.25, 0.3) is 0 Å². The predicted octanol–water partition coefficient (Wildman–Crippen LogP) is 3.98. The first kappa shape index (κ1) is 11.6. The molecule has 2 aliphatic rings. The molecule has 0 aliphatic heterocycles. The van der Waals surface area contributed by atoms with Gasteiger partial charge in [0.15, 0.2) is 0 Å². The van der Waals surface area contributed by atoms with Gasteiger partial charge in [-0.25, -0.2) is 0 Å². The van der Waals surface area contributed by atoms with Gasteiger partial charge in [-0.15, -0.1) is 0 Å². The van der Waals surface area contributed by atoms with Gasteiger partial charge in [0.1, 0.15) is 0 Å². The smallest absolute Gasteiger partial charge is 0.0913 e. The van der Waals surface area contributed by atoms with E-state index in [-0.39, 0.29) is 0 Å². The fraction of sp³-hybridized carbons (Fsp3) is 0.600. The molecule has 2 heteroatoms. The lowest BCUT2D eigenvalue weighted by atomic mass is 9.74. The van der Waals surface area contributed by atoms with Crippen LogP contribution in [-0.4, -0.2) is 5.11 Å². The van der Waals surface area contributed by atoms with E-state index < -0.39 is 5.60 Å². The van der Waals surface area contributed by atoms with Crippen molar-refractivity contribution in [3.63, 3.8) is 0 Å². The number of halogens is 1. The Bertz CT molecular complexity index is 427. The Hall–Kier alpha value is -0.530. The monoisotopic (exact) mass is 250 g/mol. The maximum Gasteiger partial charge on any atom is 0.0913 e. The first-order chi connectivity index (χ1) is 8.09. The van der Waals surface area contributed by atoms with Gasteiger partial charge < -0.3 is 5.11 Å². The number of benzene rings is 1. The molecule has 2 saturated carbocycles. The van der Waals surface area contributed by atoms with Gasteiger partial charge in [-0.05, 0) is 50.0 Å². The van der Waals surface area contributed by atoms with Crippen LogP contribution in [0.1, 0.15) is 38.2 Å². The summed E-state index contributed by atoms with van der Waals surface area (Å²) >= 11 is 6.23. The molecule has 0 saturated heterocycles. The van der Waals surface area contributed by atoms with Crippen LogP contribution in [0.3, 0.4) is 0 Å². The zero-order valence-corrected chi connectivity index (χ0v) is 11.0. The number of hydrogen-bond donors (Lipinski definition) is 1. The summed E-state index contributed by atoms with van der Waals surface area (Å²) in [4.78, 5) is 0. The third-order valence-electron chi connectivity index (χ3n) is 4.88. The lowest BCUT2D eigenvalue weighted by molar-refractivity contribution is -0.0296. The third kappa shape index (κ3) is 1.80. The lowest BCUT2D eigenvalue weighted by Crippen LogP contribution is -2.35. The minimum Gasteiger partial charge on any atom is -0.385 e. The molecular formula is C15H19ClO. The SMILES string of the molecule is CC(O)(c1ccccc1Cl)C1CC2CCC1C2. The maximum atomic E-state index is 10.9. The first-order valence-corrected chi connectivity index (χ1v) is 6.94. The minimum absolute atomic E-state index is 0.390. The van der Waals surface area contributed by atoms with E-state index in [2.05, 4.69) is 0 Å². The number of rotatable bonds is 2. The van der Waals surface area contributed by atoms with Crippen molar-refractivity contribution in [1.29, 1.82) is 0 Å². The van der Waals surface area contributed by atoms with Crippen molar-refractivity contribution in [3.8, 4) is 0 Å². The molecule has 4 atom stereocenters. The van der Waals surface area contributed by atoms with Gasteiger partial charge >= 0.3 is 0 Å². The van der Waals surface area contributed by atoms with Crippen molar-refractivity contribution in [1.82, 2.24) is 0 Å². The Labute approximate surface area is 108 Å². The second-order valence-corrected chi connectivity index (χ2v) is 6.32. The van der Waals surface area contributed by atoms with Crippen LogP contribution in [0.25, 0.3) is 0 Å². The maximum absolute atomic E-state index is 10.9. The molecule has 0 amide bonds. The standard InChI is InChI=1S/C15H19ClO/c1-15(17,12-4-2-3-5-14(12)16)13-9-10-6-7-11(13)8-10/h2-5,10-11,13,17H,6-9H2,1H3. The van der Waals surface area contributed by atoms with Crippen LogP contribution >= 0.6 is 11.6 Å². The number of hydrogen-bond acceptors (Lipinski definition) is 1. The quantitative estimate of drug-likeness (QED) is 0.842. The van der Waals surface area contributed by atoms with Crippen LogP contribution in [0, 0.1) is 17.8 Å². The normalized spacial score (nSPS) is 34.9. The van der Waals surface area contributed by atoms with E-state index in [1.165, 1.54) is 25.7 Å². The summed E-state index contributed by atoms with van der Waals surface area (Å²) in [6.07, 6.45) is 5.13. The number of fused-ring (bicyclic) bond motifs is 2. The fourth-order valence-corrected chi connectivity index (χ4v) is 4.33. The molecule has 1 aromatic rings. The summed E-state index contributed by atoms with van der Waals surface area (Å²) in [7, 11) is 0. The molecule has 2 fully saturated rings. The topological polar surface area (TPSA) is 20.2 Å². The van der Waals surface area contributed by atoms with Gasteiger partial charge in [0.2, 0.25) is 0 Å². The van der Waals surface area contributed by atoms with Crippen LogP contribution in [0.4, 0.5) is 0 Å². The van der Waals surface area contributed by atoms with Crippen molar-refractivity contribution in [3.05, 3.63) is 34.9 Å². The van der Waals surface area contributed by atoms with Crippen molar-refractivity contribution in [2.24, 2.45) is 17.8 Å². The van der Waals surface area contributed by atoms with Gasteiger partial charge in [0.05, 0.1) is 5.60 Å².